The number of ether oxygens (including phenoxy) is 2. The molecular formula is C14H23NO3. The maximum absolute atomic E-state index is 10.2. The van der Waals surface area contributed by atoms with Crippen LogP contribution in [0, 0.1) is 0 Å². The Bertz CT molecular complexity index is 366. The minimum atomic E-state index is -1.07. The van der Waals surface area contributed by atoms with Crippen LogP contribution in [0.5, 0.6) is 11.5 Å². The van der Waals surface area contributed by atoms with Gasteiger partial charge in [0.1, 0.15) is 23.8 Å². The lowest BCUT2D eigenvalue weighted by atomic mass is 10.1. The summed E-state index contributed by atoms with van der Waals surface area (Å²) in [6.45, 7) is 7.86. The smallest absolute Gasteiger partial charge is 0.147 e. The van der Waals surface area contributed by atoms with Crippen molar-refractivity contribution in [3.05, 3.63) is 24.3 Å². The molecule has 4 heteroatoms. The molecular weight excluding hydrogens is 230 g/mol. The molecule has 0 amide bonds. The molecule has 0 aliphatic heterocycles. The number of benzene rings is 1. The lowest BCUT2D eigenvalue weighted by Crippen LogP contribution is -2.55. The zero-order valence-electron chi connectivity index (χ0n) is 11.8. The van der Waals surface area contributed by atoms with Crippen LogP contribution < -0.4 is 14.8 Å². The van der Waals surface area contributed by atoms with Gasteiger partial charge in [-0.25, -0.2) is 0 Å². The molecule has 0 fully saturated rings. The highest BCUT2D eigenvalue weighted by Gasteiger charge is 2.26. The summed E-state index contributed by atoms with van der Waals surface area (Å²) in [5.74, 6) is 1.48. The van der Waals surface area contributed by atoms with Crippen LogP contribution in [0.3, 0.4) is 0 Å². The van der Waals surface area contributed by atoms with Gasteiger partial charge in [-0.2, -0.15) is 0 Å². The molecule has 0 saturated heterocycles. The van der Waals surface area contributed by atoms with Crippen molar-refractivity contribution in [1.29, 1.82) is 0 Å². The maximum atomic E-state index is 10.2. The molecule has 1 atom stereocenters. The van der Waals surface area contributed by atoms with Crippen molar-refractivity contribution in [1.82, 2.24) is 5.32 Å². The van der Waals surface area contributed by atoms with Crippen molar-refractivity contribution in [2.75, 3.05) is 13.7 Å². The molecule has 0 unspecified atom stereocenters. The number of nitrogens with one attached hydrogen (secondary N) is 1. The van der Waals surface area contributed by atoms with E-state index in [0.29, 0.717) is 5.75 Å². The molecule has 0 aromatic heterocycles. The first-order chi connectivity index (χ1) is 8.22. The van der Waals surface area contributed by atoms with E-state index in [2.05, 4.69) is 5.32 Å². The number of rotatable bonds is 5. The summed E-state index contributed by atoms with van der Waals surface area (Å²) in [5, 5.41) is 13.2. The fourth-order valence-corrected chi connectivity index (χ4v) is 1.74. The van der Waals surface area contributed by atoms with E-state index >= 15 is 0 Å². The Labute approximate surface area is 109 Å². The minimum absolute atomic E-state index is 0.174. The quantitative estimate of drug-likeness (QED) is 0.790. The highest BCUT2D eigenvalue weighted by atomic mass is 16.5. The molecule has 1 rings (SSSR count). The Morgan fingerprint density at radius 1 is 1.06 bits per heavy atom. The predicted octanol–water partition coefficient (Wildman–Crippen LogP) is 2.17. The third-order valence-electron chi connectivity index (χ3n) is 2.22. The van der Waals surface area contributed by atoms with Crippen molar-refractivity contribution in [3.8, 4) is 11.5 Å². The van der Waals surface area contributed by atoms with Gasteiger partial charge >= 0.3 is 0 Å². The second-order valence-electron chi connectivity index (χ2n) is 5.61. The molecule has 0 aliphatic carbocycles. The summed E-state index contributed by atoms with van der Waals surface area (Å²) in [5.41, 5.74) is -1.25. The molecule has 102 valence electrons. The molecule has 2 N–H and O–H groups in total. The van der Waals surface area contributed by atoms with Gasteiger partial charge in [0.25, 0.3) is 0 Å². The van der Waals surface area contributed by atoms with E-state index in [-0.39, 0.29) is 12.1 Å². The van der Waals surface area contributed by atoms with Crippen molar-refractivity contribution >= 4 is 0 Å². The highest BCUT2D eigenvalue weighted by Crippen LogP contribution is 2.18. The van der Waals surface area contributed by atoms with E-state index < -0.39 is 5.72 Å². The first kappa shape index (κ1) is 14.8. The summed E-state index contributed by atoms with van der Waals surface area (Å²) >= 11 is 0. The lowest BCUT2D eigenvalue weighted by molar-refractivity contribution is -0.0365. The standard InChI is InChI=1S/C14H23NO3/c1-13(2,3)15-14(4,16)10-18-12-8-6-11(17-5)7-9-12/h6-9,15-16H,10H2,1-5H3/t14-/m1/s1. The van der Waals surface area contributed by atoms with Gasteiger partial charge in [0.05, 0.1) is 7.11 Å². The summed E-state index contributed by atoms with van der Waals surface area (Å²) in [6.07, 6.45) is 0. The van der Waals surface area contributed by atoms with E-state index in [1.165, 1.54) is 0 Å². The van der Waals surface area contributed by atoms with Crippen LogP contribution >= 0.6 is 0 Å². The summed E-state index contributed by atoms with van der Waals surface area (Å²) in [7, 11) is 1.62. The molecule has 1 aromatic rings. The average Bonchev–Trinajstić information content (AvgIpc) is 2.24. The van der Waals surface area contributed by atoms with E-state index in [9.17, 15) is 5.11 Å². The third kappa shape index (κ3) is 5.38. The Morgan fingerprint density at radius 2 is 1.56 bits per heavy atom. The second-order valence-corrected chi connectivity index (χ2v) is 5.61. The van der Waals surface area contributed by atoms with E-state index in [1.807, 2.05) is 45.0 Å². The molecule has 0 saturated carbocycles. The van der Waals surface area contributed by atoms with Crippen LogP contribution in [0.1, 0.15) is 27.7 Å². The van der Waals surface area contributed by atoms with Crippen LogP contribution in [0.4, 0.5) is 0 Å². The normalized spacial score (nSPS) is 15.0. The Balaban J connectivity index is 2.53. The summed E-state index contributed by atoms with van der Waals surface area (Å²) in [6, 6.07) is 7.26. The van der Waals surface area contributed by atoms with Crippen molar-refractivity contribution in [3.63, 3.8) is 0 Å². The number of hydrogen-bond acceptors (Lipinski definition) is 4. The molecule has 0 heterocycles. The number of hydrogen-bond donors (Lipinski definition) is 2. The first-order valence-corrected chi connectivity index (χ1v) is 6.00. The molecule has 0 bridgehead atoms. The number of aliphatic hydroxyl groups is 1. The Hall–Kier alpha value is -1.26. The van der Waals surface area contributed by atoms with Gasteiger partial charge in [0.2, 0.25) is 0 Å². The molecule has 0 aliphatic rings. The Morgan fingerprint density at radius 3 is 2.00 bits per heavy atom. The Kier molecular flexibility index (Phi) is 4.59. The third-order valence-corrected chi connectivity index (χ3v) is 2.22. The van der Waals surface area contributed by atoms with Gasteiger partial charge in [0, 0.05) is 5.54 Å². The van der Waals surface area contributed by atoms with Gasteiger partial charge in [-0.3, -0.25) is 5.32 Å². The van der Waals surface area contributed by atoms with Crippen LogP contribution in [0.25, 0.3) is 0 Å². The zero-order chi connectivity index (χ0) is 13.8. The summed E-state index contributed by atoms with van der Waals surface area (Å²) in [4.78, 5) is 0. The lowest BCUT2D eigenvalue weighted by Gasteiger charge is -2.33. The maximum Gasteiger partial charge on any atom is 0.147 e. The van der Waals surface area contributed by atoms with E-state index in [0.717, 1.165) is 5.75 Å². The zero-order valence-corrected chi connectivity index (χ0v) is 11.8. The van der Waals surface area contributed by atoms with Gasteiger partial charge in [-0.1, -0.05) is 0 Å². The largest absolute Gasteiger partial charge is 0.497 e. The van der Waals surface area contributed by atoms with Gasteiger partial charge < -0.3 is 14.6 Å². The van der Waals surface area contributed by atoms with Crippen LogP contribution in [0.2, 0.25) is 0 Å². The van der Waals surface area contributed by atoms with Crippen LogP contribution in [-0.4, -0.2) is 30.1 Å². The fourth-order valence-electron chi connectivity index (χ4n) is 1.74. The SMILES string of the molecule is COc1ccc(OC[C@@](C)(O)NC(C)(C)C)cc1. The molecule has 0 spiro atoms. The predicted molar refractivity (Wildman–Crippen MR) is 72.0 cm³/mol. The topological polar surface area (TPSA) is 50.7 Å². The fraction of sp³-hybridized carbons (Fsp3) is 0.571. The summed E-state index contributed by atoms with van der Waals surface area (Å²) < 4.78 is 10.6. The first-order valence-electron chi connectivity index (χ1n) is 6.00. The molecule has 4 nitrogen and oxygen atoms in total. The monoisotopic (exact) mass is 253 g/mol. The van der Waals surface area contributed by atoms with Crippen LogP contribution in [0.15, 0.2) is 24.3 Å². The van der Waals surface area contributed by atoms with Crippen molar-refractivity contribution in [2.24, 2.45) is 0 Å². The van der Waals surface area contributed by atoms with Crippen molar-refractivity contribution < 1.29 is 14.6 Å². The van der Waals surface area contributed by atoms with Gasteiger partial charge in [-0.15, -0.1) is 0 Å². The van der Waals surface area contributed by atoms with E-state index in [4.69, 9.17) is 9.47 Å². The van der Waals surface area contributed by atoms with Gasteiger partial charge in [-0.05, 0) is 52.0 Å². The van der Waals surface area contributed by atoms with Crippen molar-refractivity contribution in [2.45, 2.75) is 39.0 Å². The number of methoxy groups -OCH3 is 1. The van der Waals surface area contributed by atoms with Gasteiger partial charge in [0.15, 0.2) is 0 Å². The highest BCUT2D eigenvalue weighted by molar-refractivity contribution is 5.31. The molecule has 18 heavy (non-hydrogen) atoms. The molecule has 0 radical (unpaired) electrons. The van der Waals surface area contributed by atoms with Crippen LogP contribution in [-0.2, 0) is 0 Å². The molecule has 1 aromatic carbocycles. The van der Waals surface area contributed by atoms with E-state index in [1.54, 1.807) is 14.0 Å². The minimum Gasteiger partial charge on any atom is -0.497 e. The average molecular weight is 253 g/mol. The second kappa shape index (κ2) is 5.59.